The number of anilines is 2. The minimum atomic E-state index is -0.117. The molecule has 3 nitrogen and oxygen atoms in total. The summed E-state index contributed by atoms with van der Waals surface area (Å²) in [5.41, 5.74) is 8.74. The Morgan fingerprint density at radius 3 is 2.42 bits per heavy atom. The van der Waals surface area contributed by atoms with Crippen molar-refractivity contribution in [2.75, 3.05) is 17.7 Å². The summed E-state index contributed by atoms with van der Waals surface area (Å²) in [4.78, 5) is 13.9. The van der Waals surface area contributed by atoms with E-state index >= 15 is 0 Å². The molecular weight excluding hydrogens is 260 g/mol. The van der Waals surface area contributed by atoms with Gasteiger partial charge in [0.1, 0.15) is 0 Å². The molecule has 0 aliphatic carbocycles. The summed E-state index contributed by atoms with van der Waals surface area (Å²) in [6.07, 6.45) is 0. The summed E-state index contributed by atoms with van der Waals surface area (Å²) in [5.74, 6) is -0.117. The molecule has 0 saturated carbocycles. The molecule has 0 bridgehead atoms. The lowest BCUT2D eigenvalue weighted by Gasteiger charge is -2.19. The predicted molar refractivity (Wildman–Crippen MR) is 79.8 cm³/mol. The van der Waals surface area contributed by atoms with Crippen molar-refractivity contribution in [3.63, 3.8) is 0 Å². The third-order valence-electron chi connectivity index (χ3n) is 2.96. The van der Waals surface area contributed by atoms with Gasteiger partial charge in [0.25, 0.3) is 5.91 Å². The summed E-state index contributed by atoms with van der Waals surface area (Å²) in [6, 6.07) is 12.5. The van der Waals surface area contributed by atoms with Crippen LogP contribution in [0.3, 0.4) is 0 Å². The van der Waals surface area contributed by atoms with Gasteiger partial charge in [0, 0.05) is 17.6 Å². The molecule has 1 amide bonds. The van der Waals surface area contributed by atoms with E-state index in [1.54, 1.807) is 37.4 Å². The van der Waals surface area contributed by atoms with E-state index in [1.165, 1.54) is 4.90 Å². The van der Waals surface area contributed by atoms with Crippen LogP contribution in [-0.4, -0.2) is 13.0 Å². The van der Waals surface area contributed by atoms with Gasteiger partial charge in [0.15, 0.2) is 0 Å². The Morgan fingerprint density at radius 2 is 1.79 bits per heavy atom. The zero-order valence-electron chi connectivity index (χ0n) is 10.9. The number of carbonyl (C=O) groups is 1. The van der Waals surface area contributed by atoms with Gasteiger partial charge >= 0.3 is 0 Å². The minimum absolute atomic E-state index is 0.117. The molecule has 0 spiro atoms. The van der Waals surface area contributed by atoms with Gasteiger partial charge in [-0.3, -0.25) is 4.79 Å². The number of benzene rings is 2. The summed E-state index contributed by atoms with van der Waals surface area (Å²) in [5, 5.41) is 0.549. The number of carbonyl (C=O) groups excluding carboxylic acids is 1. The van der Waals surface area contributed by atoms with E-state index in [-0.39, 0.29) is 5.91 Å². The Hall–Kier alpha value is -2.00. The number of nitrogen functional groups attached to an aromatic ring is 1. The van der Waals surface area contributed by atoms with Crippen LogP contribution in [0.1, 0.15) is 15.9 Å². The smallest absolute Gasteiger partial charge is 0.258 e. The molecule has 4 heteroatoms. The van der Waals surface area contributed by atoms with Crippen LogP contribution >= 0.6 is 11.6 Å². The number of rotatable bonds is 2. The van der Waals surface area contributed by atoms with E-state index in [1.807, 2.05) is 19.1 Å². The average molecular weight is 275 g/mol. The van der Waals surface area contributed by atoms with E-state index in [2.05, 4.69) is 0 Å². The van der Waals surface area contributed by atoms with Crippen LogP contribution < -0.4 is 10.6 Å². The lowest BCUT2D eigenvalue weighted by atomic mass is 10.1. The van der Waals surface area contributed by atoms with Gasteiger partial charge < -0.3 is 10.6 Å². The minimum Gasteiger partial charge on any atom is -0.397 e. The highest BCUT2D eigenvalue weighted by atomic mass is 35.5. The van der Waals surface area contributed by atoms with Gasteiger partial charge in [-0.15, -0.1) is 0 Å². The number of aryl methyl sites for hydroxylation is 1. The third kappa shape index (κ3) is 2.88. The van der Waals surface area contributed by atoms with E-state index in [0.29, 0.717) is 22.0 Å². The molecule has 0 aliphatic rings. The Bertz CT molecular complexity index is 608. The standard InChI is InChI=1S/C15H15ClN2O/c1-10-3-5-11(6-4-10)15(19)18(2)14-9-12(16)7-8-13(14)17/h3-9H,17H2,1-2H3. The molecule has 0 unspecified atom stereocenters. The van der Waals surface area contributed by atoms with Crippen LogP contribution in [0.4, 0.5) is 11.4 Å². The molecule has 0 aliphatic heterocycles. The van der Waals surface area contributed by atoms with Gasteiger partial charge in [-0.1, -0.05) is 29.3 Å². The molecule has 0 radical (unpaired) electrons. The van der Waals surface area contributed by atoms with Crippen LogP contribution in [0.25, 0.3) is 0 Å². The first-order chi connectivity index (χ1) is 8.99. The van der Waals surface area contributed by atoms with Crippen molar-refractivity contribution in [2.45, 2.75) is 6.92 Å². The molecule has 0 heterocycles. The normalized spacial score (nSPS) is 10.3. The molecule has 19 heavy (non-hydrogen) atoms. The second kappa shape index (κ2) is 5.33. The zero-order valence-corrected chi connectivity index (χ0v) is 11.6. The topological polar surface area (TPSA) is 46.3 Å². The van der Waals surface area contributed by atoms with Crippen molar-refractivity contribution in [2.24, 2.45) is 0 Å². The summed E-state index contributed by atoms with van der Waals surface area (Å²) in [7, 11) is 1.68. The molecule has 0 fully saturated rings. The van der Waals surface area contributed by atoms with Gasteiger partial charge in [0.05, 0.1) is 11.4 Å². The van der Waals surface area contributed by atoms with Crippen LogP contribution in [0, 0.1) is 6.92 Å². The Kier molecular flexibility index (Phi) is 3.76. The maximum atomic E-state index is 12.3. The highest BCUT2D eigenvalue weighted by Gasteiger charge is 2.15. The summed E-state index contributed by atoms with van der Waals surface area (Å²) in [6.45, 7) is 1.98. The fraction of sp³-hybridized carbons (Fsp3) is 0.133. The first kappa shape index (κ1) is 13.4. The highest BCUT2D eigenvalue weighted by molar-refractivity contribution is 6.31. The molecule has 2 N–H and O–H groups in total. The summed E-state index contributed by atoms with van der Waals surface area (Å²) >= 11 is 5.94. The van der Waals surface area contributed by atoms with Gasteiger partial charge in [-0.2, -0.15) is 0 Å². The Balaban J connectivity index is 2.33. The fourth-order valence-corrected chi connectivity index (χ4v) is 1.97. The SMILES string of the molecule is Cc1ccc(C(=O)N(C)c2cc(Cl)ccc2N)cc1. The van der Waals surface area contributed by atoms with E-state index in [0.717, 1.165) is 5.56 Å². The zero-order chi connectivity index (χ0) is 14.0. The van der Waals surface area contributed by atoms with Gasteiger partial charge in [-0.25, -0.2) is 0 Å². The Labute approximate surface area is 117 Å². The maximum absolute atomic E-state index is 12.3. The molecular formula is C15H15ClN2O. The number of nitrogens with zero attached hydrogens (tertiary/aromatic N) is 1. The first-order valence-corrected chi connectivity index (χ1v) is 6.26. The molecule has 0 saturated heterocycles. The van der Waals surface area contributed by atoms with Crippen LogP contribution in [0.15, 0.2) is 42.5 Å². The van der Waals surface area contributed by atoms with E-state index in [4.69, 9.17) is 17.3 Å². The van der Waals surface area contributed by atoms with Crippen LogP contribution in [0.2, 0.25) is 5.02 Å². The van der Waals surface area contributed by atoms with E-state index in [9.17, 15) is 4.79 Å². The van der Waals surface area contributed by atoms with E-state index < -0.39 is 0 Å². The van der Waals surface area contributed by atoms with Gasteiger partial charge in [0.2, 0.25) is 0 Å². The number of amides is 1. The van der Waals surface area contributed by atoms with Crippen molar-refractivity contribution >= 4 is 28.9 Å². The Morgan fingerprint density at radius 1 is 1.16 bits per heavy atom. The number of halogens is 1. The quantitative estimate of drug-likeness (QED) is 0.852. The van der Waals surface area contributed by atoms with Crippen molar-refractivity contribution in [3.8, 4) is 0 Å². The first-order valence-electron chi connectivity index (χ1n) is 5.89. The largest absolute Gasteiger partial charge is 0.397 e. The lowest BCUT2D eigenvalue weighted by Crippen LogP contribution is -2.27. The second-order valence-corrected chi connectivity index (χ2v) is 4.87. The second-order valence-electron chi connectivity index (χ2n) is 4.43. The summed E-state index contributed by atoms with van der Waals surface area (Å²) < 4.78 is 0. The lowest BCUT2D eigenvalue weighted by molar-refractivity contribution is 0.0993. The molecule has 0 atom stereocenters. The number of nitrogens with two attached hydrogens (primary N) is 1. The maximum Gasteiger partial charge on any atom is 0.258 e. The fourth-order valence-electron chi connectivity index (χ4n) is 1.81. The van der Waals surface area contributed by atoms with Gasteiger partial charge in [-0.05, 0) is 37.3 Å². The predicted octanol–water partition coefficient (Wildman–Crippen LogP) is 3.51. The monoisotopic (exact) mass is 274 g/mol. The molecule has 2 rings (SSSR count). The van der Waals surface area contributed by atoms with Crippen LogP contribution in [-0.2, 0) is 0 Å². The van der Waals surface area contributed by atoms with Crippen molar-refractivity contribution in [3.05, 3.63) is 58.6 Å². The highest BCUT2D eigenvalue weighted by Crippen LogP contribution is 2.27. The van der Waals surface area contributed by atoms with Crippen molar-refractivity contribution in [1.82, 2.24) is 0 Å². The number of hydrogen-bond acceptors (Lipinski definition) is 2. The number of hydrogen-bond donors (Lipinski definition) is 1. The van der Waals surface area contributed by atoms with Crippen molar-refractivity contribution < 1.29 is 4.79 Å². The average Bonchev–Trinajstić information content (AvgIpc) is 2.41. The third-order valence-corrected chi connectivity index (χ3v) is 3.19. The molecule has 2 aromatic rings. The molecule has 2 aromatic carbocycles. The molecule has 98 valence electrons. The van der Waals surface area contributed by atoms with Crippen LogP contribution in [0.5, 0.6) is 0 Å². The molecule has 0 aromatic heterocycles. The van der Waals surface area contributed by atoms with Crippen molar-refractivity contribution in [1.29, 1.82) is 0 Å².